The van der Waals surface area contributed by atoms with Crippen molar-refractivity contribution in [2.45, 2.75) is 39.5 Å². The Kier molecular flexibility index (Phi) is 8.31. The number of hydrogen-bond donors (Lipinski definition) is 2. The minimum Gasteiger partial charge on any atom is -0.372 e. The predicted molar refractivity (Wildman–Crippen MR) is 125 cm³/mol. The van der Waals surface area contributed by atoms with E-state index in [1.54, 1.807) is 6.20 Å². The number of hydrogen-bond acceptors (Lipinski definition) is 6. The van der Waals surface area contributed by atoms with Gasteiger partial charge in [0.05, 0.1) is 23.7 Å². The number of ether oxygens (including phenoxy) is 1. The highest BCUT2D eigenvalue weighted by molar-refractivity contribution is 8.00. The van der Waals surface area contributed by atoms with E-state index in [9.17, 15) is 9.59 Å². The normalized spacial score (nSPS) is 18.5. The number of morpholine rings is 1. The van der Waals surface area contributed by atoms with Gasteiger partial charge in [-0.3, -0.25) is 9.59 Å². The van der Waals surface area contributed by atoms with Gasteiger partial charge in [-0.15, -0.1) is 11.8 Å². The molecular formula is C23H30N4O3S. The number of carbonyl (C=O) groups excluding carboxylic acids is 2. The van der Waals surface area contributed by atoms with Crippen LogP contribution in [0.5, 0.6) is 0 Å². The summed E-state index contributed by atoms with van der Waals surface area (Å²) in [6, 6.07) is 11.6. The largest absolute Gasteiger partial charge is 0.372 e. The molecule has 2 aromatic rings. The number of carbonyl (C=O) groups is 2. The molecule has 8 heteroatoms. The molecule has 2 atom stereocenters. The molecule has 1 aromatic heterocycles. The van der Waals surface area contributed by atoms with Crippen LogP contribution in [0.1, 0.15) is 25.0 Å². The maximum absolute atomic E-state index is 12.1. The van der Waals surface area contributed by atoms with Crippen LogP contribution in [0, 0.1) is 6.92 Å². The van der Waals surface area contributed by atoms with Crippen LogP contribution in [0.3, 0.4) is 0 Å². The summed E-state index contributed by atoms with van der Waals surface area (Å²) in [5.41, 5.74) is 2.79. The van der Waals surface area contributed by atoms with Gasteiger partial charge in [0.15, 0.2) is 0 Å². The van der Waals surface area contributed by atoms with Crippen LogP contribution in [0.4, 0.5) is 11.5 Å². The van der Waals surface area contributed by atoms with Gasteiger partial charge in [0.25, 0.3) is 0 Å². The maximum Gasteiger partial charge on any atom is 0.234 e. The van der Waals surface area contributed by atoms with Crippen molar-refractivity contribution in [2.24, 2.45) is 0 Å². The van der Waals surface area contributed by atoms with E-state index in [-0.39, 0.29) is 35.5 Å². The smallest absolute Gasteiger partial charge is 0.234 e. The monoisotopic (exact) mass is 442 g/mol. The summed E-state index contributed by atoms with van der Waals surface area (Å²) in [4.78, 5) is 30.8. The summed E-state index contributed by atoms with van der Waals surface area (Å²) in [6.45, 7) is 8.16. The molecule has 0 bridgehead atoms. The van der Waals surface area contributed by atoms with Gasteiger partial charge >= 0.3 is 0 Å². The van der Waals surface area contributed by atoms with Gasteiger partial charge in [-0.05, 0) is 50.1 Å². The van der Waals surface area contributed by atoms with Crippen LogP contribution >= 0.6 is 11.8 Å². The van der Waals surface area contributed by atoms with E-state index in [0.717, 1.165) is 35.7 Å². The van der Waals surface area contributed by atoms with Crippen molar-refractivity contribution < 1.29 is 14.3 Å². The highest BCUT2D eigenvalue weighted by Gasteiger charge is 2.22. The second-order valence-corrected chi connectivity index (χ2v) is 8.86. The fourth-order valence-corrected chi connectivity index (χ4v) is 4.13. The van der Waals surface area contributed by atoms with Crippen molar-refractivity contribution in [3.8, 4) is 0 Å². The summed E-state index contributed by atoms with van der Waals surface area (Å²) in [7, 11) is 0. The number of anilines is 2. The van der Waals surface area contributed by atoms with Gasteiger partial charge in [0.2, 0.25) is 11.8 Å². The molecule has 0 spiro atoms. The lowest BCUT2D eigenvalue weighted by atomic mass is 10.2. The molecule has 31 heavy (non-hydrogen) atoms. The third-order valence-electron chi connectivity index (χ3n) is 4.81. The summed E-state index contributed by atoms with van der Waals surface area (Å²) in [6.07, 6.45) is 2.16. The van der Waals surface area contributed by atoms with E-state index in [0.29, 0.717) is 6.54 Å². The Hall–Kier alpha value is -2.58. The molecule has 2 N–H and O–H groups in total. The Morgan fingerprint density at radius 2 is 1.87 bits per heavy atom. The van der Waals surface area contributed by atoms with Gasteiger partial charge in [0, 0.05) is 31.5 Å². The van der Waals surface area contributed by atoms with Gasteiger partial charge in [-0.2, -0.15) is 0 Å². The molecule has 1 aliphatic heterocycles. The van der Waals surface area contributed by atoms with Crippen molar-refractivity contribution in [1.29, 1.82) is 0 Å². The van der Waals surface area contributed by atoms with Crippen molar-refractivity contribution in [3.05, 3.63) is 53.7 Å². The molecule has 2 amide bonds. The highest BCUT2D eigenvalue weighted by Crippen LogP contribution is 2.18. The Morgan fingerprint density at radius 1 is 1.13 bits per heavy atom. The van der Waals surface area contributed by atoms with Gasteiger partial charge < -0.3 is 20.3 Å². The Balaban J connectivity index is 1.36. The molecule has 0 saturated carbocycles. The third-order valence-corrected chi connectivity index (χ3v) is 5.74. The average molecular weight is 443 g/mol. The minimum atomic E-state index is -0.116. The van der Waals surface area contributed by atoms with Crippen molar-refractivity contribution >= 4 is 35.1 Å². The zero-order chi connectivity index (χ0) is 22.2. The molecule has 2 heterocycles. The molecule has 1 saturated heterocycles. The number of amides is 2. The first kappa shape index (κ1) is 23.1. The summed E-state index contributed by atoms with van der Waals surface area (Å²) < 4.78 is 5.76. The third kappa shape index (κ3) is 7.56. The maximum atomic E-state index is 12.1. The Morgan fingerprint density at radius 3 is 2.55 bits per heavy atom. The topological polar surface area (TPSA) is 83.6 Å². The molecule has 0 aliphatic carbocycles. The first-order valence-electron chi connectivity index (χ1n) is 10.5. The number of aryl methyl sites for hydroxylation is 1. The number of benzene rings is 1. The Labute approximate surface area is 188 Å². The van der Waals surface area contributed by atoms with E-state index in [2.05, 4.69) is 34.4 Å². The van der Waals surface area contributed by atoms with E-state index in [4.69, 9.17) is 4.74 Å². The van der Waals surface area contributed by atoms with Crippen LogP contribution < -0.4 is 15.5 Å². The molecule has 2 unspecified atom stereocenters. The molecular weight excluding hydrogens is 412 g/mol. The van der Waals surface area contributed by atoms with Crippen molar-refractivity contribution in [1.82, 2.24) is 10.3 Å². The number of nitrogens with one attached hydrogen (secondary N) is 2. The standard InChI is InChI=1S/C23H30N4O3S/c1-16-5-4-6-20(9-16)26-23(29)15-31-14-22(28)25-11-19-7-8-21(24-10-19)27-12-17(2)30-18(3)13-27/h4-10,17-18H,11-15H2,1-3H3,(H,25,28)(H,26,29). The predicted octanol–water partition coefficient (Wildman–Crippen LogP) is 2.99. The first-order chi connectivity index (χ1) is 14.9. The molecule has 1 fully saturated rings. The number of thioether (sulfide) groups is 1. The minimum absolute atomic E-state index is 0.103. The van der Waals surface area contributed by atoms with Gasteiger partial charge in [-0.1, -0.05) is 18.2 Å². The van der Waals surface area contributed by atoms with E-state index >= 15 is 0 Å². The van der Waals surface area contributed by atoms with Crippen molar-refractivity contribution in [3.63, 3.8) is 0 Å². The van der Waals surface area contributed by atoms with E-state index < -0.39 is 0 Å². The zero-order valence-corrected chi connectivity index (χ0v) is 19.1. The number of rotatable bonds is 8. The average Bonchev–Trinajstić information content (AvgIpc) is 2.72. The molecule has 3 rings (SSSR count). The molecule has 166 valence electrons. The number of nitrogens with zero attached hydrogens (tertiary/aromatic N) is 2. The van der Waals surface area contributed by atoms with Crippen LogP contribution in [0.2, 0.25) is 0 Å². The summed E-state index contributed by atoms with van der Waals surface area (Å²) in [5.74, 6) is 1.17. The number of pyridine rings is 1. The highest BCUT2D eigenvalue weighted by atomic mass is 32.2. The van der Waals surface area contributed by atoms with E-state index in [1.807, 2.05) is 43.3 Å². The first-order valence-corrected chi connectivity index (χ1v) is 11.6. The fraction of sp³-hybridized carbons (Fsp3) is 0.435. The lowest BCUT2D eigenvalue weighted by molar-refractivity contribution is -0.118. The van der Waals surface area contributed by atoms with E-state index in [1.165, 1.54) is 11.8 Å². The molecule has 0 radical (unpaired) electrons. The fourth-order valence-electron chi connectivity index (χ4n) is 3.48. The number of aromatic nitrogens is 1. The molecule has 1 aliphatic rings. The lowest BCUT2D eigenvalue weighted by Crippen LogP contribution is -2.45. The molecule has 1 aromatic carbocycles. The zero-order valence-electron chi connectivity index (χ0n) is 18.3. The lowest BCUT2D eigenvalue weighted by Gasteiger charge is -2.36. The van der Waals surface area contributed by atoms with Gasteiger partial charge in [0.1, 0.15) is 5.82 Å². The van der Waals surface area contributed by atoms with Crippen LogP contribution in [0.15, 0.2) is 42.6 Å². The summed E-state index contributed by atoms with van der Waals surface area (Å²) >= 11 is 1.29. The second-order valence-electron chi connectivity index (χ2n) is 7.87. The van der Waals surface area contributed by atoms with Crippen LogP contribution in [-0.4, -0.2) is 53.6 Å². The van der Waals surface area contributed by atoms with Crippen LogP contribution in [-0.2, 0) is 20.9 Å². The van der Waals surface area contributed by atoms with Crippen LogP contribution in [0.25, 0.3) is 0 Å². The summed E-state index contributed by atoms with van der Waals surface area (Å²) in [5, 5.41) is 5.72. The SMILES string of the molecule is Cc1cccc(NC(=O)CSCC(=O)NCc2ccc(N3CC(C)OC(C)C3)nc2)c1. The van der Waals surface area contributed by atoms with Crippen molar-refractivity contribution in [2.75, 3.05) is 34.8 Å². The molecule has 7 nitrogen and oxygen atoms in total. The Bertz CT molecular complexity index is 881. The quantitative estimate of drug-likeness (QED) is 0.654. The van der Waals surface area contributed by atoms with Gasteiger partial charge in [-0.25, -0.2) is 4.98 Å². The second kappa shape index (κ2) is 11.2.